The number of H-pyrrole nitrogens is 1. The van der Waals surface area contributed by atoms with Gasteiger partial charge in [0.1, 0.15) is 11.6 Å². The third kappa shape index (κ3) is 3.72. The van der Waals surface area contributed by atoms with Gasteiger partial charge in [0.15, 0.2) is 0 Å². The summed E-state index contributed by atoms with van der Waals surface area (Å²) in [7, 11) is 0. The molecule has 100 valence electrons. The fourth-order valence-corrected chi connectivity index (χ4v) is 1.81. The van der Waals surface area contributed by atoms with Crippen molar-refractivity contribution in [2.45, 2.75) is 19.9 Å². The van der Waals surface area contributed by atoms with E-state index >= 15 is 0 Å². The number of rotatable bonds is 5. The third-order valence-corrected chi connectivity index (χ3v) is 2.72. The van der Waals surface area contributed by atoms with Crippen LogP contribution in [0.2, 0.25) is 0 Å². The Labute approximate surface area is 110 Å². The number of aromatic amines is 1. The Morgan fingerprint density at radius 3 is 2.89 bits per heavy atom. The first-order valence-corrected chi connectivity index (χ1v) is 6.22. The number of nitrogens with one attached hydrogen (secondary N) is 2. The van der Waals surface area contributed by atoms with Gasteiger partial charge in [-0.1, -0.05) is 25.1 Å². The zero-order chi connectivity index (χ0) is 13.7. The standard InChI is InChI=1S/C14H16FN3O/c1-2-16-9-11-8-14(19)18-13(17-11)7-10-5-3-4-6-12(10)15/h3-6,8,16H,2,7,9H2,1H3,(H,17,18,19). The predicted molar refractivity (Wildman–Crippen MR) is 71.4 cm³/mol. The van der Waals surface area contributed by atoms with Crippen LogP contribution in [0.3, 0.4) is 0 Å². The highest BCUT2D eigenvalue weighted by Crippen LogP contribution is 2.09. The van der Waals surface area contributed by atoms with E-state index < -0.39 is 0 Å². The van der Waals surface area contributed by atoms with Crippen molar-refractivity contribution in [3.8, 4) is 0 Å². The van der Waals surface area contributed by atoms with Gasteiger partial charge in [-0.25, -0.2) is 9.37 Å². The fourth-order valence-electron chi connectivity index (χ4n) is 1.81. The second-order valence-electron chi connectivity index (χ2n) is 4.23. The molecule has 4 nitrogen and oxygen atoms in total. The molecule has 0 saturated heterocycles. The number of hydrogen-bond donors (Lipinski definition) is 2. The van der Waals surface area contributed by atoms with Crippen molar-refractivity contribution < 1.29 is 4.39 Å². The normalized spacial score (nSPS) is 10.6. The van der Waals surface area contributed by atoms with Crippen molar-refractivity contribution in [1.29, 1.82) is 0 Å². The minimum Gasteiger partial charge on any atom is -0.311 e. The first kappa shape index (κ1) is 13.4. The van der Waals surface area contributed by atoms with E-state index in [0.717, 1.165) is 6.54 Å². The van der Waals surface area contributed by atoms with Crippen molar-refractivity contribution in [3.05, 3.63) is 63.6 Å². The zero-order valence-corrected chi connectivity index (χ0v) is 10.7. The zero-order valence-electron chi connectivity index (χ0n) is 10.7. The van der Waals surface area contributed by atoms with E-state index in [2.05, 4.69) is 15.3 Å². The highest BCUT2D eigenvalue weighted by atomic mass is 19.1. The Morgan fingerprint density at radius 2 is 2.16 bits per heavy atom. The molecular formula is C14H16FN3O. The molecule has 2 N–H and O–H groups in total. The van der Waals surface area contributed by atoms with Crippen LogP contribution in [0.5, 0.6) is 0 Å². The molecule has 5 heteroatoms. The molecular weight excluding hydrogens is 245 g/mol. The summed E-state index contributed by atoms with van der Waals surface area (Å²) in [5, 5.41) is 3.10. The monoisotopic (exact) mass is 261 g/mol. The van der Waals surface area contributed by atoms with Crippen LogP contribution >= 0.6 is 0 Å². The lowest BCUT2D eigenvalue weighted by molar-refractivity contribution is 0.611. The van der Waals surface area contributed by atoms with Gasteiger partial charge in [0.25, 0.3) is 5.56 Å². The molecule has 0 unspecified atom stereocenters. The first-order valence-electron chi connectivity index (χ1n) is 6.22. The topological polar surface area (TPSA) is 57.8 Å². The Morgan fingerprint density at radius 1 is 1.37 bits per heavy atom. The SMILES string of the molecule is CCNCc1cc(=O)[nH]c(Cc2ccccc2F)n1. The maximum absolute atomic E-state index is 13.5. The van der Waals surface area contributed by atoms with Gasteiger partial charge in [-0.2, -0.15) is 0 Å². The van der Waals surface area contributed by atoms with Crippen molar-refractivity contribution in [2.75, 3.05) is 6.54 Å². The smallest absolute Gasteiger partial charge is 0.251 e. The molecule has 0 amide bonds. The number of nitrogens with zero attached hydrogens (tertiary/aromatic N) is 1. The lowest BCUT2D eigenvalue weighted by Crippen LogP contribution is -2.19. The van der Waals surface area contributed by atoms with Gasteiger partial charge in [-0.3, -0.25) is 4.79 Å². The van der Waals surface area contributed by atoms with Gasteiger partial charge in [0.2, 0.25) is 0 Å². The van der Waals surface area contributed by atoms with E-state index in [0.29, 0.717) is 23.6 Å². The molecule has 2 rings (SSSR count). The summed E-state index contributed by atoms with van der Waals surface area (Å²) in [5.41, 5.74) is 0.970. The van der Waals surface area contributed by atoms with Crippen LogP contribution in [-0.4, -0.2) is 16.5 Å². The lowest BCUT2D eigenvalue weighted by Gasteiger charge is -2.05. The molecule has 1 heterocycles. The van der Waals surface area contributed by atoms with Crippen LogP contribution in [0.15, 0.2) is 35.1 Å². The largest absolute Gasteiger partial charge is 0.311 e. The molecule has 0 fully saturated rings. The van der Waals surface area contributed by atoms with E-state index in [1.807, 2.05) is 6.92 Å². The molecule has 0 spiro atoms. The molecule has 0 bridgehead atoms. The van der Waals surface area contributed by atoms with E-state index in [-0.39, 0.29) is 17.8 Å². The highest BCUT2D eigenvalue weighted by molar-refractivity contribution is 5.21. The average molecular weight is 261 g/mol. The summed E-state index contributed by atoms with van der Waals surface area (Å²) in [6, 6.07) is 7.94. The maximum atomic E-state index is 13.5. The summed E-state index contributed by atoms with van der Waals surface area (Å²) in [4.78, 5) is 18.5. The molecule has 1 aromatic carbocycles. The highest BCUT2D eigenvalue weighted by Gasteiger charge is 2.06. The Bertz CT molecular complexity index is 610. The molecule has 0 aliphatic rings. The molecule has 0 aliphatic heterocycles. The Balaban J connectivity index is 2.23. The Kier molecular flexibility index (Phi) is 4.41. The fraction of sp³-hybridized carbons (Fsp3) is 0.286. The van der Waals surface area contributed by atoms with Crippen molar-refractivity contribution >= 4 is 0 Å². The lowest BCUT2D eigenvalue weighted by atomic mass is 10.1. The van der Waals surface area contributed by atoms with Gasteiger partial charge in [-0.15, -0.1) is 0 Å². The van der Waals surface area contributed by atoms with Crippen molar-refractivity contribution in [1.82, 2.24) is 15.3 Å². The number of hydrogen-bond acceptors (Lipinski definition) is 3. The van der Waals surface area contributed by atoms with E-state index in [1.165, 1.54) is 12.1 Å². The van der Waals surface area contributed by atoms with Gasteiger partial charge < -0.3 is 10.3 Å². The predicted octanol–water partition coefficient (Wildman–Crippen LogP) is 1.61. The second-order valence-corrected chi connectivity index (χ2v) is 4.23. The molecule has 0 atom stereocenters. The summed E-state index contributed by atoms with van der Waals surface area (Å²) in [6.07, 6.45) is 0.280. The molecule has 0 saturated carbocycles. The van der Waals surface area contributed by atoms with Gasteiger partial charge in [0, 0.05) is 19.0 Å². The van der Waals surface area contributed by atoms with E-state index in [4.69, 9.17) is 0 Å². The summed E-state index contributed by atoms with van der Waals surface area (Å²) in [5.74, 6) is 0.188. The minimum absolute atomic E-state index is 0.214. The van der Waals surface area contributed by atoms with Crippen LogP contribution in [0.25, 0.3) is 0 Å². The van der Waals surface area contributed by atoms with E-state index in [1.54, 1.807) is 18.2 Å². The Hall–Kier alpha value is -2.01. The van der Waals surface area contributed by atoms with E-state index in [9.17, 15) is 9.18 Å². The molecule has 19 heavy (non-hydrogen) atoms. The third-order valence-electron chi connectivity index (χ3n) is 2.72. The van der Waals surface area contributed by atoms with Crippen LogP contribution < -0.4 is 10.9 Å². The molecule has 1 aromatic heterocycles. The van der Waals surface area contributed by atoms with Crippen LogP contribution in [-0.2, 0) is 13.0 Å². The summed E-state index contributed by atoms with van der Waals surface area (Å²) < 4.78 is 13.5. The number of halogens is 1. The minimum atomic E-state index is -0.290. The van der Waals surface area contributed by atoms with Gasteiger partial charge >= 0.3 is 0 Å². The molecule has 0 radical (unpaired) electrons. The van der Waals surface area contributed by atoms with Crippen molar-refractivity contribution in [3.63, 3.8) is 0 Å². The second kappa shape index (κ2) is 6.24. The quantitative estimate of drug-likeness (QED) is 0.859. The van der Waals surface area contributed by atoms with Gasteiger partial charge in [-0.05, 0) is 18.2 Å². The molecule has 2 aromatic rings. The first-order chi connectivity index (χ1) is 9.19. The van der Waals surface area contributed by atoms with Crippen LogP contribution in [0.1, 0.15) is 24.0 Å². The summed E-state index contributed by atoms with van der Waals surface area (Å²) >= 11 is 0. The molecule has 0 aliphatic carbocycles. The summed E-state index contributed by atoms with van der Waals surface area (Å²) in [6.45, 7) is 3.31. The maximum Gasteiger partial charge on any atom is 0.251 e. The number of benzene rings is 1. The van der Waals surface area contributed by atoms with Crippen LogP contribution in [0, 0.1) is 5.82 Å². The van der Waals surface area contributed by atoms with Crippen molar-refractivity contribution in [2.24, 2.45) is 0 Å². The average Bonchev–Trinajstić information content (AvgIpc) is 2.38. The number of aromatic nitrogens is 2. The van der Waals surface area contributed by atoms with Crippen LogP contribution in [0.4, 0.5) is 4.39 Å². The van der Waals surface area contributed by atoms with Gasteiger partial charge in [0.05, 0.1) is 5.69 Å².